The molecular formula is C32H20F3N3O4S. The van der Waals surface area contributed by atoms with Gasteiger partial charge in [-0.15, -0.1) is 0 Å². The Morgan fingerprint density at radius 1 is 1.00 bits per heavy atom. The molecule has 1 atom stereocenters. The number of aryl methyl sites for hydroxylation is 1. The molecule has 0 saturated carbocycles. The SMILES string of the molecule is O=c1c(=Cc2ccc(-c3cccc(C(F)(F)F)c3)o2)sc2n1C(c1cccc([N+](=O)[O-])c1)C1=C(N=2)c2ccccc2CC1. The Bertz CT molecular complexity index is 2160. The van der Waals surface area contributed by atoms with Crippen molar-refractivity contribution in [2.75, 3.05) is 0 Å². The van der Waals surface area contributed by atoms with Crippen LogP contribution in [0.2, 0.25) is 0 Å². The number of alkyl halides is 3. The van der Waals surface area contributed by atoms with Gasteiger partial charge in [0.1, 0.15) is 11.5 Å². The zero-order chi connectivity index (χ0) is 29.9. The van der Waals surface area contributed by atoms with Crippen LogP contribution in [0, 0.1) is 10.1 Å². The van der Waals surface area contributed by atoms with E-state index in [1.165, 1.54) is 24.3 Å². The van der Waals surface area contributed by atoms with Crippen LogP contribution in [0.15, 0.2) is 105 Å². The summed E-state index contributed by atoms with van der Waals surface area (Å²) in [6.45, 7) is 0. The first-order chi connectivity index (χ1) is 20.7. The molecule has 214 valence electrons. The van der Waals surface area contributed by atoms with Crippen molar-refractivity contribution in [3.8, 4) is 11.3 Å². The lowest BCUT2D eigenvalue weighted by atomic mass is 9.83. The van der Waals surface area contributed by atoms with Crippen molar-refractivity contribution in [2.24, 2.45) is 4.99 Å². The molecule has 0 amide bonds. The number of hydrogen-bond acceptors (Lipinski definition) is 6. The predicted octanol–water partition coefficient (Wildman–Crippen LogP) is 6.51. The van der Waals surface area contributed by atoms with E-state index < -0.39 is 22.7 Å². The van der Waals surface area contributed by atoms with Crippen LogP contribution in [0.1, 0.15) is 40.5 Å². The number of hydrogen-bond donors (Lipinski definition) is 0. The number of allylic oxidation sites excluding steroid dienone is 1. The van der Waals surface area contributed by atoms with Gasteiger partial charge in [0.25, 0.3) is 11.2 Å². The van der Waals surface area contributed by atoms with E-state index in [0.29, 0.717) is 27.1 Å². The minimum absolute atomic E-state index is 0.0762. The van der Waals surface area contributed by atoms with Gasteiger partial charge in [-0.1, -0.05) is 59.9 Å². The van der Waals surface area contributed by atoms with Gasteiger partial charge < -0.3 is 4.42 Å². The summed E-state index contributed by atoms with van der Waals surface area (Å²) in [6.07, 6.45) is -1.58. The van der Waals surface area contributed by atoms with Crippen LogP contribution in [0.25, 0.3) is 23.1 Å². The minimum atomic E-state index is -4.49. The summed E-state index contributed by atoms with van der Waals surface area (Å²) < 4.78 is 47.4. The maximum absolute atomic E-state index is 13.9. The van der Waals surface area contributed by atoms with Gasteiger partial charge >= 0.3 is 6.18 Å². The van der Waals surface area contributed by atoms with Crippen LogP contribution in [0.3, 0.4) is 0 Å². The summed E-state index contributed by atoms with van der Waals surface area (Å²) in [5, 5.41) is 11.6. The van der Waals surface area contributed by atoms with E-state index in [1.54, 1.807) is 34.9 Å². The van der Waals surface area contributed by atoms with E-state index in [9.17, 15) is 28.1 Å². The van der Waals surface area contributed by atoms with Gasteiger partial charge in [-0.05, 0) is 53.8 Å². The van der Waals surface area contributed by atoms with E-state index in [4.69, 9.17) is 9.41 Å². The van der Waals surface area contributed by atoms with Crippen LogP contribution in [-0.4, -0.2) is 9.49 Å². The fourth-order valence-corrected chi connectivity index (χ4v) is 6.68. The minimum Gasteiger partial charge on any atom is -0.457 e. The number of benzene rings is 3. The van der Waals surface area contributed by atoms with Crippen LogP contribution >= 0.6 is 11.3 Å². The average Bonchev–Trinajstić information content (AvgIpc) is 3.60. The number of nitrogens with zero attached hydrogens (tertiary/aromatic N) is 3. The van der Waals surface area contributed by atoms with Gasteiger partial charge in [0.2, 0.25) is 0 Å². The normalized spacial score (nSPS) is 16.3. The topological polar surface area (TPSA) is 90.6 Å². The molecule has 0 fully saturated rings. The highest BCUT2D eigenvalue weighted by atomic mass is 32.1. The molecule has 0 bridgehead atoms. The molecule has 1 aliphatic carbocycles. The molecule has 2 aromatic heterocycles. The first kappa shape index (κ1) is 26.8. The van der Waals surface area contributed by atoms with Crippen molar-refractivity contribution in [3.63, 3.8) is 0 Å². The van der Waals surface area contributed by atoms with Crippen molar-refractivity contribution in [2.45, 2.75) is 25.1 Å². The van der Waals surface area contributed by atoms with E-state index in [2.05, 4.69) is 0 Å². The monoisotopic (exact) mass is 599 g/mol. The van der Waals surface area contributed by atoms with Gasteiger partial charge in [-0.3, -0.25) is 19.5 Å². The maximum Gasteiger partial charge on any atom is 0.416 e. The Balaban J connectivity index is 1.37. The Labute approximate surface area is 245 Å². The smallest absolute Gasteiger partial charge is 0.416 e. The number of furan rings is 1. The van der Waals surface area contributed by atoms with Gasteiger partial charge in [0.15, 0.2) is 4.80 Å². The zero-order valence-electron chi connectivity index (χ0n) is 22.2. The van der Waals surface area contributed by atoms with Crippen molar-refractivity contribution in [1.82, 2.24) is 4.57 Å². The third kappa shape index (κ3) is 4.71. The van der Waals surface area contributed by atoms with Gasteiger partial charge in [-0.25, -0.2) is 4.99 Å². The lowest BCUT2D eigenvalue weighted by molar-refractivity contribution is -0.384. The number of non-ortho nitro benzene ring substituents is 1. The Morgan fingerprint density at radius 3 is 2.63 bits per heavy atom. The van der Waals surface area contributed by atoms with Crippen LogP contribution in [-0.2, 0) is 12.6 Å². The molecule has 0 N–H and O–H groups in total. The molecule has 43 heavy (non-hydrogen) atoms. The molecular weight excluding hydrogens is 579 g/mol. The van der Waals surface area contributed by atoms with Crippen molar-refractivity contribution >= 4 is 28.8 Å². The quantitative estimate of drug-likeness (QED) is 0.174. The summed E-state index contributed by atoms with van der Waals surface area (Å²) >= 11 is 1.16. The Morgan fingerprint density at radius 2 is 1.81 bits per heavy atom. The van der Waals surface area contributed by atoms with E-state index in [1.807, 2.05) is 24.3 Å². The molecule has 0 spiro atoms. The Kier molecular flexibility index (Phi) is 6.28. The molecule has 5 aromatic rings. The fraction of sp³-hybridized carbons (Fsp3) is 0.125. The third-order valence-corrected chi connectivity index (χ3v) is 8.63. The number of rotatable bonds is 4. The molecule has 2 aliphatic rings. The lowest BCUT2D eigenvalue weighted by Gasteiger charge is -2.30. The molecule has 3 heterocycles. The highest BCUT2D eigenvalue weighted by Crippen LogP contribution is 2.41. The number of nitro groups is 1. The molecule has 7 rings (SSSR count). The van der Waals surface area contributed by atoms with E-state index >= 15 is 0 Å². The van der Waals surface area contributed by atoms with Crippen molar-refractivity contribution in [3.05, 3.63) is 148 Å². The van der Waals surface area contributed by atoms with Crippen LogP contribution in [0.4, 0.5) is 18.9 Å². The van der Waals surface area contributed by atoms with Crippen molar-refractivity contribution in [1.29, 1.82) is 0 Å². The third-order valence-electron chi connectivity index (χ3n) is 7.64. The second-order valence-corrected chi connectivity index (χ2v) is 11.3. The molecule has 11 heteroatoms. The van der Waals surface area contributed by atoms with Gasteiger partial charge in [0.05, 0.1) is 26.8 Å². The predicted molar refractivity (Wildman–Crippen MR) is 155 cm³/mol. The van der Waals surface area contributed by atoms with Gasteiger partial charge in [-0.2, -0.15) is 13.2 Å². The highest BCUT2D eigenvalue weighted by Gasteiger charge is 2.33. The van der Waals surface area contributed by atoms with Crippen LogP contribution < -0.4 is 14.9 Å². The second-order valence-electron chi connectivity index (χ2n) is 10.2. The fourth-order valence-electron chi connectivity index (χ4n) is 5.69. The summed E-state index contributed by atoms with van der Waals surface area (Å²) in [7, 11) is 0. The highest BCUT2D eigenvalue weighted by molar-refractivity contribution is 7.07. The summed E-state index contributed by atoms with van der Waals surface area (Å²) in [5.41, 5.74) is 3.42. The zero-order valence-corrected chi connectivity index (χ0v) is 23.0. The number of halogens is 3. The van der Waals surface area contributed by atoms with Gasteiger partial charge in [0, 0.05) is 29.3 Å². The summed E-state index contributed by atoms with van der Waals surface area (Å²) in [6, 6.07) is 21.6. The molecule has 1 aliphatic heterocycles. The van der Waals surface area contributed by atoms with Crippen molar-refractivity contribution < 1.29 is 22.5 Å². The first-order valence-corrected chi connectivity index (χ1v) is 14.1. The lowest BCUT2D eigenvalue weighted by Crippen LogP contribution is -2.38. The summed E-state index contributed by atoms with van der Waals surface area (Å²) in [5.74, 6) is 0.519. The number of thiazole rings is 1. The maximum atomic E-state index is 13.9. The Hall–Kier alpha value is -5.03. The molecule has 7 nitrogen and oxygen atoms in total. The first-order valence-electron chi connectivity index (χ1n) is 13.3. The van der Waals surface area contributed by atoms with E-state index in [0.717, 1.165) is 52.3 Å². The average molecular weight is 600 g/mol. The number of nitro benzene ring substituents is 1. The van der Waals surface area contributed by atoms with Crippen LogP contribution in [0.5, 0.6) is 0 Å². The number of aromatic nitrogens is 1. The standard InChI is InChI=1S/C32H20F3N3O4S/c33-32(34,35)21-8-3-6-19(15-21)26-14-12-23(42-26)17-27-30(39)37-29(20-7-4-9-22(16-20)38(40)41)25-13-11-18-5-1-2-10-24(18)28(25)36-31(37)43-27/h1-10,12,14-17,29H,11,13H2. The summed E-state index contributed by atoms with van der Waals surface area (Å²) in [4.78, 5) is 30.4. The molecule has 0 saturated heterocycles. The molecule has 1 unspecified atom stereocenters. The second kappa shape index (κ2) is 10.1. The molecule has 0 radical (unpaired) electrons. The number of fused-ring (bicyclic) bond motifs is 3. The van der Waals surface area contributed by atoms with E-state index in [-0.39, 0.29) is 22.6 Å². The molecule has 3 aromatic carbocycles. The largest absolute Gasteiger partial charge is 0.457 e.